The van der Waals surface area contributed by atoms with Gasteiger partial charge in [0.05, 0.1) is 24.0 Å². The third-order valence-electron chi connectivity index (χ3n) is 7.56. The molecule has 0 spiro atoms. The number of carbonyl (C=O) groups is 1. The van der Waals surface area contributed by atoms with Crippen molar-refractivity contribution in [2.24, 2.45) is 0 Å². The zero-order chi connectivity index (χ0) is 23.5. The van der Waals surface area contributed by atoms with Gasteiger partial charge < -0.3 is 30.1 Å². The first-order valence-electron chi connectivity index (χ1n) is 12.3. The standard InChI is InChI=1S/C25H40N4O4/c1-20(30)26-21-7-12-27(13-8-21)18-25(32)9-14-28(19-25)17-24(31)10-15-29(16-11-24)22-5-3-4-6-23(22)33-2/h3-6,21,31-32H,7-19H2,1-2H3,(H,26,30)/t25-/m0/s1. The second-order valence-corrected chi connectivity index (χ2v) is 10.3. The molecular formula is C25H40N4O4. The number of rotatable bonds is 7. The molecule has 33 heavy (non-hydrogen) atoms. The molecule has 0 radical (unpaired) electrons. The van der Waals surface area contributed by atoms with Gasteiger partial charge in [0.2, 0.25) is 5.91 Å². The van der Waals surface area contributed by atoms with E-state index in [9.17, 15) is 15.0 Å². The van der Waals surface area contributed by atoms with Crippen LogP contribution in [0.3, 0.4) is 0 Å². The van der Waals surface area contributed by atoms with E-state index in [2.05, 4.69) is 26.1 Å². The lowest BCUT2D eigenvalue weighted by atomic mass is 9.90. The molecule has 1 aromatic carbocycles. The van der Waals surface area contributed by atoms with Gasteiger partial charge in [-0.05, 0) is 44.2 Å². The molecule has 4 rings (SSSR count). The number of nitrogens with zero attached hydrogens (tertiary/aromatic N) is 3. The summed E-state index contributed by atoms with van der Waals surface area (Å²) in [5.41, 5.74) is -0.365. The average molecular weight is 461 g/mol. The van der Waals surface area contributed by atoms with Crippen LogP contribution in [0.15, 0.2) is 24.3 Å². The number of methoxy groups -OCH3 is 1. The third kappa shape index (κ3) is 6.18. The number of aliphatic hydroxyl groups is 2. The van der Waals surface area contributed by atoms with Crippen LogP contribution in [0.1, 0.15) is 39.0 Å². The Bertz CT molecular complexity index is 805. The maximum atomic E-state index is 11.3. The van der Waals surface area contributed by atoms with Crippen molar-refractivity contribution in [1.82, 2.24) is 15.1 Å². The van der Waals surface area contributed by atoms with Crippen molar-refractivity contribution >= 4 is 11.6 Å². The summed E-state index contributed by atoms with van der Waals surface area (Å²) >= 11 is 0. The molecule has 3 aliphatic rings. The molecule has 8 nitrogen and oxygen atoms in total. The topological polar surface area (TPSA) is 88.5 Å². The van der Waals surface area contributed by atoms with Crippen LogP contribution < -0.4 is 15.0 Å². The first-order valence-corrected chi connectivity index (χ1v) is 12.3. The summed E-state index contributed by atoms with van der Waals surface area (Å²) in [6.45, 7) is 7.64. The van der Waals surface area contributed by atoms with Crippen molar-refractivity contribution in [3.63, 3.8) is 0 Å². The number of hydrogen-bond donors (Lipinski definition) is 3. The SMILES string of the molecule is COc1ccccc1N1CCC(O)(CN2CC[C@](O)(CN3CCC(NC(C)=O)CC3)C2)CC1. The lowest BCUT2D eigenvalue weighted by Crippen LogP contribution is -2.53. The minimum absolute atomic E-state index is 0.0326. The van der Waals surface area contributed by atoms with Crippen LogP contribution in [0.25, 0.3) is 0 Å². The Morgan fingerprint density at radius 1 is 1.00 bits per heavy atom. The highest BCUT2D eigenvalue weighted by Gasteiger charge is 2.42. The molecule has 3 heterocycles. The Balaban J connectivity index is 1.24. The number of amides is 1. The van der Waals surface area contributed by atoms with Crippen LogP contribution in [-0.4, -0.2) is 103 Å². The number of hydrogen-bond acceptors (Lipinski definition) is 7. The molecular weight excluding hydrogens is 420 g/mol. The van der Waals surface area contributed by atoms with Gasteiger partial charge in [0.25, 0.3) is 0 Å². The highest BCUT2D eigenvalue weighted by atomic mass is 16.5. The number of β-amino-alcohol motifs (C(OH)–C–C–N with tert-alkyl or cyclic N) is 2. The Kier molecular flexibility index (Phi) is 7.48. The first-order chi connectivity index (χ1) is 15.8. The molecule has 3 N–H and O–H groups in total. The summed E-state index contributed by atoms with van der Waals surface area (Å²) in [7, 11) is 1.69. The Labute approximate surface area is 197 Å². The molecule has 0 bridgehead atoms. The van der Waals surface area contributed by atoms with Crippen molar-refractivity contribution in [1.29, 1.82) is 0 Å². The van der Waals surface area contributed by atoms with Gasteiger partial charge in [-0.15, -0.1) is 0 Å². The lowest BCUT2D eigenvalue weighted by molar-refractivity contribution is -0.120. The number of ether oxygens (including phenoxy) is 1. The maximum Gasteiger partial charge on any atom is 0.217 e. The van der Waals surface area contributed by atoms with Crippen molar-refractivity contribution in [2.75, 3.05) is 64.4 Å². The van der Waals surface area contributed by atoms with E-state index in [1.807, 2.05) is 18.2 Å². The van der Waals surface area contributed by atoms with Crippen LogP contribution in [-0.2, 0) is 4.79 Å². The van der Waals surface area contributed by atoms with Crippen molar-refractivity contribution < 1.29 is 19.7 Å². The number of carbonyl (C=O) groups excluding carboxylic acids is 1. The molecule has 1 aromatic rings. The van der Waals surface area contributed by atoms with Gasteiger partial charge in [0.1, 0.15) is 5.75 Å². The van der Waals surface area contributed by atoms with Gasteiger partial charge in [-0.2, -0.15) is 0 Å². The van der Waals surface area contributed by atoms with E-state index in [1.54, 1.807) is 14.0 Å². The molecule has 1 atom stereocenters. The normalized spacial score (nSPS) is 27.0. The Hall–Kier alpha value is -1.87. The van der Waals surface area contributed by atoms with E-state index < -0.39 is 11.2 Å². The van der Waals surface area contributed by atoms with Crippen molar-refractivity contribution in [3.8, 4) is 5.75 Å². The monoisotopic (exact) mass is 460 g/mol. The minimum atomic E-state index is -0.727. The Morgan fingerprint density at radius 2 is 1.64 bits per heavy atom. The fourth-order valence-corrected chi connectivity index (χ4v) is 5.77. The van der Waals surface area contributed by atoms with Crippen LogP contribution in [0.5, 0.6) is 5.75 Å². The predicted octanol–water partition coefficient (Wildman–Crippen LogP) is 1.06. The second-order valence-electron chi connectivity index (χ2n) is 10.3. The molecule has 3 saturated heterocycles. The number of nitrogens with one attached hydrogen (secondary N) is 1. The van der Waals surface area contributed by atoms with Crippen LogP contribution in [0.4, 0.5) is 5.69 Å². The number of benzene rings is 1. The molecule has 0 aliphatic carbocycles. The molecule has 184 valence electrons. The van der Waals surface area contributed by atoms with Gasteiger partial charge >= 0.3 is 0 Å². The van der Waals surface area contributed by atoms with E-state index in [0.29, 0.717) is 32.5 Å². The molecule has 0 unspecified atom stereocenters. The fourth-order valence-electron chi connectivity index (χ4n) is 5.77. The van der Waals surface area contributed by atoms with Crippen LogP contribution in [0, 0.1) is 0 Å². The largest absolute Gasteiger partial charge is 0.495 e. The molecule has 1 amide bonds. The first kappa shape index (κ1) is 24.3. The summed E-state index contributed by atoms with van der Waals surface area (Å²) < 4.78 is 5.50. The van der Waals surface area contributed by atoms with E-state index in [4.69, 9.17) is 4.74 Å². The van der Waals surface area contributed by atoms with Gasteiger partial charge in [0, 0.05) is 65.3 Å². The fraction of sp³-hybridized carbons (Fsp3) is 0.720. The predicted molar refractivity (Wildman–Crippen MR) is 129 cm³/mol. The molecule has 0 aromatic heterocycles. The smallest absolute Gasteiger partial charge is 0.217 e. The van der Waals surface area contributed by atoms with Crippen molar-refractivity contribution in [2.45, 2.75) is 56.3 Å². The van der Waals surface area contributed by atoms with E-state index in [0.717, 1.165) is 63.4 Å². The maximum absolute atomic E-state index is 11.3. The summed E-state index contributed by atoms with van der Waals surface area (Å²) in [5, 5.41) is 25.5. The number of anilines is 1. The van der Waals surface area contributed by atoms with E-state index in [1.165, 1.54) is 0 Å². The van der Waals surface area contributed by atoms with Gasteiger partial charge in [-0.1, -0.05) is 12.1 Å². The average Bonchev–Trinajstić information content (AvgIpc) is 3.14. The lowest BCUT2D eigenvalue weighted by Gasteiger charge is -2.41. The zero-order valence-electron chi connectivity index (χ0n) is 20.1. The van der Waals surface area contributed by atoms with Gasteiger partial charge in [0.15, 0.2) is 0 Å². The highest BCUT2D eigenvalue weighted by molar-refractivity contribution is 5.73. The molecule has 8 heteroatoms. The van der Waals surface area contributed by atoms with E-state index in [-0.39, 0.29) is 11.9 Å². The third-order valence-corrected chi connectivity index (χ3v) is 7.56. The Morgan fingerprint density at radius 3 is 2.30 bits per heavy atom. The van der Waals surface area contributed by atoms with Crippen LogP contribution in [0.2, 0.25) is 0 Å². The quantitative estimate of drug-likeness (QED) is 0.561. The van der Waals surface area contributed by atoms with Gasteiger partial charge in [-0.3, -0.25) is 9.69 Å². The summed E-state index contributed by atoms with van der Waals surface area (Å²) in [6.07, 6.45) is 4.01. The summed E-state index contributed by atoms with van der Waals surface area (Å²) in [5.74, 6) is 0.902. The van der Waals surface area contributed by atoms with Crippen molar-refractivity contribution in [3.05, 3.63) is 24.3 Å². The summed E-state index contributed by atoms with van der Waals surface area (Å²) in [4.78, 5) is 18.1. The number of likely N-dealkylation sites (tertiary alicyclic amines) is 2. The molecule has 0 saturated carbocycles. The number of para-hydroxylation sites is 2. The van der Waals surface area contributed by atoms with Crippen LogP contribution >= 0.6 is 0 Å². The minimum Gasteiger partial charge on any atom is -0.495 e. The molecule has 3 fully saturated rings. The van der Waals surface area contributed by atoms with Gasteiger partial charge in [-0.25, -0.2) is 0 Å². The zero-order valence-corrected chi connectivity index (χ0v) is 20.1. The summed E-state index contributed by atoms with van der Waals surface area (Å²) in [6, 6.07) is 8.30. The van der Waals surface area contributed by atoms with E-state index >= 15 is 0 Å². The second kappa shape index (κ2) is 10.2. The number of piperidine rings is 2. The molecule has 3 aliphatic heterocycles. The highest BCUT2D eigenvalue weighted by Crippen LogP contribution is 2.34.